The average Bonchev–Trinajstić information content (AvgIpc) is 3.25. The van der Waals surface area contributed by atoms with Crippen LogP contribution in [0.3, 0.4) is 0 Å². The number of nitrogens with zero attached hydrogens (tertiary/aromatic N) is 3. The SMILES string of the molecule is CCC(=Nc1c(Nc2cccc(C(=O)N(C)C)c2O)c(O)n(C)c1O)c1ccc(C)o1. The molecular weight excluding hydrogens is 400 g/mol. The molecule has 9 nitrogen and oxygen atoms in total. The predicted octanol–water partition coefficient (Wildman–Crippen LogP) is 4.02. The third kappa shape index (κ3) is 4.07. The van der Waals surface area contributed by atoms with Gasteiger partial charge in [0.2, 0.25) is 11.8 Å². The van der Waals surface area contributed by atoms with Crippen molar-refractivity contribution < 1.29 is 24.5 Å². The molecule has 164 valence electrons. The Morgan fingerprint density at radius 2 is 1.87 bits per heavy atom. The Labute approximate surface area is 179 Å². The van der Waals surface area contributed by atoms with Gasteiger partial charge in [0.25, 0.3) is 5.91 Å². The molecule has 3 aromatic rings. The van der Waals surface area contributed by atoms with Gasteiger partial charge >= 0.3 is 0 Å². The highest BCUT2D eigenvalue weighted by Gasteiger charge is 2.24. The molecular formula is C22H26N4O5. The standard InChI is InChI=1S/C22H26N4O5/c1-6-14(16-11-10-12(2)31-16)23-17-18(22(30)26(5)21(17)29)24-15-9-7-8-13(19(15)27)20(28)25(3)4/h7-11,24,27,29-30H,6H2,1-5H3. The molecule has 0 aliphatic heterocycles. The number of amides is 1. The smallest absolute Gasteiger partial charge is 0.257 e. The number of benzene rings is 1. The van der Waals surface area contributed by atoms with E-state index in [1.807, 2.05) is 19.9 Å². The van der Waals surface area contributed by atoms with Crippen molar-refractivity contribution in [2.75, 3.05) is 19.4 Å². The minimum atomic E-state index is -0.374. The van der Waals surface area contributed by atoms with Gasteiger partial charge in [-0.15, -0.1) is 0 Å². The summed E-state index contributed by atoms with van der Waals surface area (Å²) < 4.78 is 6.80. The van der Waals surface area contributed by atoms with Crippen LogP contribution in [0.4, 0.5) is 17.1 Å². The second-order valence-corrected chi connectivity index (χ2v) is 7.28. The van der Waals surface area contributed by atoms with Gasteiger partial charge in [-0.3, -0.25) is 9.36 Å². The van der Waals surface area contributed by atoms with E-state index in [-0.39, 0.29) is 46.0 Å². The number of hydrogen-bond donors (Lipinski definition) is 4. The lowest BCUT2D eigenvalue weighted by molar-refractivity contribution is 0.0824. The van der Waals surface area contributed by atoms with Gasteiger partial charge in [0.15, 0.2) is 11.4 Å². The van der Waals surface area contributed by atoms with Gasteiger partial charge in [0, 0.05) is 21.1 Å². The Morgan fingerprint density at radius 3 is 2.45 bits per heavy atom. The molecule has 0 unspecified atom stereocenters. The third-order valence-electron chi connectivity index (χ3n) is 4.85. The summed E-state index contributed by atoms with van der Waals surface area (Å²) in [6, 6.07) is 8.25. The fourth-order valence-corrected chi connectivity index (χ4v) is 3.09. The van der Waals surface area contributed by atoms with Crippen LogP contribution >= 0.6 is 0 Å². The van der Waals surface area contributed by atoms with Crippen molar-refractivity contribution in [2.24, 2.45) is 12.0 Å². The number of carbonyl (C=O) groups is 1. The molecule has 0 saturated carbocycles. The first-order chi connectivity index (χ1) is 14.6. The fourth-order valence-electron chi connectivity index (χ4n) is 3.09. The number of nitrogens with one attached hydrogen (secondary N) is 1. The molecule has 2 heterocycles. The monoisotopic (exact) mass is 426 g/mol. The molecule has 0 fully saturated rings. The molecule has 0 radical (unpaired) electrons. The Hall–Kier alpha value is -3.88. The molecule has 3 rings (SSSR count). The fraction of sp³-hybridized carbons (Fsp3) is 0.273. The second-order valence-electron chi connectivity index (χ2n) is 7.28. The molecule has 2 aromatic heterocycles. The van der Waals surface area contributed by atoms with Crippen LogP contribution in [0.2, 0.25) is 0 Å². The number of rotatable bonds is 6. The minimum absolute atomic E-state index is 0.0784. The highest BCUT2D eigenvalue weighted by Crippen LogP contribution is 2.47. The number of aliphatic imine (C=N–C) groups is 1. The number of hydrogen-bond acceptors (Lipinski definition) is 7. The summed E-state index contributed by atoms with van der Waals surface area (Å²) in [5.74, 6) is 0.0644. The van der Waals surface area contributed by atoms with Crippen molar-refractivity contribution in [3.05, 3.63) is 47.4 Å². The van der Waals surface area contributed by atoms with E-state index < -0.39 is 0 Å². The van der Waals surface area contributed by atoms with E-state index in [0.29, 0.717) is 17.9 Å². The molecule has 0 aliphatic rings. The lowest BCUT2D eigenvalue weighted by Gasteiger charge is -2.15. The van der Waals surface area contributed by atoms with E-state index in [2.05, 4.69) is 10.3 Å². The van der Waals surface area contributed by atoms with E-state index in [4.69, 9.17) is 4.42 Å². The summed E-state index contributed by atoms with van der Waals surface area (Å²) in [4.78, 5) is 18.2. The quantitative estimate of drug-likeness (QED) is 0.349. The number of carbonyl (C=O) groups excluding carboxylic acids is 1. The lowest BCUT2D eigenvalue weighted by Crippen LogP contribution is -2.21. The van der Waals surface area contributed by atoms with E-state index in [0.717, 1.165) is 10.3 Å². The zero-order chi connectivity index (χ0) is 22.9. The number of phenols is 1. The first-order valence-corrected chi connectivity index (χ1v) is 9.71. The predicted molar refractivity (Wildman–Crippen MR) is 118 cm³/mol. The summed E-state index contributed by atoms with van der Waals surface area (Å²) in [5.41, 5.74) is 1.00. The Kier molecular flexibility index (Phi) is 5.96. The van der Waals surface area contributed by atoms with Crippen molar-refractivity contribution in [3.63, 3.8) is 0 Å². The number of phenolic OH excluding ortho intramolecular Hbond substituents is 1. The van der Waals surface area contributed by atoms with Crippen molar-refractivity contribution in [1.82, 2.24) is 9.47 Å². The first kappa shape index (κ1) is 21.8. The number of aromatic nitrogens is 1. The molecule has 0 saturated heterocycles. The average molecular weight is 426 g/mol. The molecule has 9 heteroatoms. The molecule has 1 aromatic carbocycles. The number of aromatic hydroxyl groups is 3. The topological polar surface area (TPSA) is 123 Å². The van der Waals surface area contributed by atoms with Gasteiger partial charge in [-0.1, -0.05) is 13.0 Å². The van der Waals surface area contributed by atoms with Gasteiger partial charge in [-0.25, -0.2) is 4.99 Å². The van der Waals surface area contributed by atoms with Crippen LogP contribution in [0.1, 0.15) is 35.2 Å². The highest BCUT2D eigenvalue weighted by molar-refractivity contribution is 6.02. The van der Waals surface area contributed by atoms with Gasteiger partial charge < -0.3 is 30.0 Å². The van der Waals surface area contributed by atoms with Crippen LogP contribution < -0.4 is 5.32 Å². The van der Waals surface area contributed by atoms with E-state index in [1.165, 1.54) is 18.0 Å². The summed E-state index contributed by atoms with van der Waals surface area (Å²) in [6.45, 7) is 3.71. The highest BCUT2D eigenvalue weighted by atomic mass is 16.3. The maximum absolute atomic E-state index is 12.3. The first-order valence-electron chi connectivity index (χ1n) is 9.71. The molecule has 0 atom stereocenters. The zero-order valence-electron chi connectivity index (χ0n) is 18.1. The largest absolute Gasteiger partial charge is 0.505 e. The Morgan fingerprint density at radius 1 is 1.16 bits per heavy atom. The Balaban J connectivity index is 2.10. The van der Waals surface area contributed by atoms with Crippen LogP contribution in [0, 0.1) is 6.92 Å². The molecule has 1 amide bonds. The number of aryl methyl sites for hydroxylation is 1. The maximum Gasteiger partial charge on any atom is 0.257 e. The van der Waals surface area contributed by atoms with Crippen molar-refractivity contribution in [3.8, 4) is 17.5 Å². The normalized spacial score (nSPS) is 11.6. The van der Waals surface area contributed by atoms with Gasteiger partial charge in [-0.05, 0) is 37.6 Å². The molecule has 0 aliphatic carbocycles. The maximum atomic E-state index is 12.3. The molecule has 31 heavy (non-hydrogen) atoms. The van der Waals surface area contributed by atoms with E-state index >= 15 is 0 Å². The summed E-state index contributed by atoms with van der Waals surface area (Å²) in [6.07, 6.45) is 0.513. The Bertz CT molecular complexity index is 1160. The lowest BCUT2D eigenvalue weighted by atomic mass is 10.1. The summed E-state index contributed by atoms with van der Waals surface area (Å²) in [7, 11) is 4.64. The summed E-state index contributed by atoms with van der Waals surface area (Å²) in [5, 5.41) is 34.7. The van der Waals surface area contributed by atoms with Crippen LogP contribution in [-0.4, -0.2) is 50.5 Å². The number of furan rings is 1. The van der Waals surface area contributed by atoms with Crippen molar-refractivity contribution >= 4 is 28.7 Å². The van der Waals surface area contributed by atoms with Crippen LogP contribution in [0.15, 0.2) is 39.7 Å². The number of anilines is 2. The number of para-hydroxylation sites is 1. The van der Waals surface area contributed by atoms with Crippen molar-refractivity contribution in [2.45, 2.75) is 20.3 Å². The molecule has 0 bridgehead atoms. The van der Waals surface area contributed by atoms with Gasteiger partial charge in [0.05, 0.1) is 17.0 Å². The van der Waals surface area contributed by atoms with E-state index in [1.54, 1.807) is 32.3 Å². The van der Waals surface area contributed by atoms with Gasteiger partial charge in [-0.2, -0.15) is 0 Å². The van der Waals surface area contributed by atoms with Crippen LogP contribution in [0.25, 0.3) is 0 Å². The minimum Gasteiger partial charge on any atom is -0.505 e. The van der Waals surface area contributed by atoms with Crippen molar-refractivity contribution in [1.29, 1.82) is 0 Å². The molecule has 4 N–H and O–H groups in total. The molecule has 0 spiro atoms. The van der Waals surface area contributed by atoms with E-state index in [9.17, 15) is 20.1 Å². The van der Waals surface area contributed by atoms with Crippen LogP contribution in [-0.2, 0) is 7.05 Å². The third-order valence-corrected chi connectivity index (χ3v) is 4.85. The van der Waals surface area contributed by atoms with Gasteiger partial charge in [0.1, 0.15) is 17.2 Å². The zero-order valence-corrected chi connectivity index (χ0v) is 18.1. The van der Waals surface area contributed by atoms with Crippen LogP contribution in [0.5, 0.6) is 17.5 Å². The second kappa shape index (κ2) is 8.47. The summed E-state index contributed by atoms with van der Waals surface area (Å²) >= 11 is 0.